The van der Waals surface area contributed by atoms with Crippen LogP contribution in [0.4, 0.5) is 0 Å². The number of nitrogens with one attached hydrogen (secondary N) is 1. The van der Waals surface area contributed by atoms with Crippen molar-refractivity contribution in [1.29, 1.82) is 0 Å². The van der Waals surface area contributed by atoms with Gasteiger partial charge in [0.25, 0.3) is 0 Å². The van der Waals surface area contributed by atoms with Crippen LogP contribution in [0.5, 0.6) is 5.75 Å². The molecule has 2 N–H and O–H groups in total. The molecule has 2 aromatic carbocycles. The Labute approximate surface area is 122 Å². The molecule has 4 nitrogen and oxygen atoms in total. The van der Waals surface area contributed by atoms with Crippen molar-refractivity contribution >= 4 is 11.0 Å². The molecule has 0 atom stereocenters. The van der Waals surface area contributed by atoms with Gasteiger partial charge in [-0.3, -0.25) is 0 Å². The minimum atomic E-state index is -0.183. The van der Waals surface area contributed by atoms with E-state index in [0.717, 1.165) is 28.0 Å². The Morgan fingerprint density at radius 1 is 1.24 bits per heavy atom. The molecule has 0 aliphatic rings. The monoisotopic (exact) mass is 278 g/mol. The fourth-order valence-electron chi connectivity index (χ4n) is 2.18. The number of aromatic nitrogens is 2. The van der Waals surface area contributed by atoms with Crippen molar-refractivity contribution in [2.75, 3.05) is 13.7 Å². The zero-order valence-electron chi connectivity index (χ0n) is 11.6. The summed E-state index contributed by atoms with van der Waals surface area (Å²) in [5.41, 5.74) is 3.57. The van der Waals surface area contributed by atoms with Crippen LogP contribution in [0.2, 0.25) is 0 Å². The summed E-state index contributed by atoms with van der Waals surface area (Å²) >= 11 is 0. The van der Waals surface area contributed by atoms with Crippen molar-refractivity contribution in [1.82, 2.24) is 9.97 Å². The highest BCUT2D eigenvalue weighted by atomic mass is 16.5. The lowest BCUT2D eigenvalue weighted by molar-refractivity contribution is 0.350. The number of rotatable bonds is 2. The first-order valence-electron chi connectivity index (χ1n) is 6.54. The van der Waals surface area contributed by atoms with E-state index in [9.17, 15) is 0 Å². The van der Waals surface area contributed by atoms with Crippen LogP contribution >= 0.6 is 0 Å². The normalized spacial score (nSPS) is 10.2. The van der Waals surface area contributed by atoms with Crippen molar-refractivity contribution in [3.05, 3.63) is 48.0 Å². The lowest BCUT2D eigenvalue weighted by Gasteiger charge is -2.05. The third-order valence-electron chi connectivity index (χ3n) is 3.16. The predicted octanol–water partition coefficient (Wildman–Crippen LogP) is 2.58. The predicted molar refractivity (Wildman–Crippen MR) is 82.0 cm³/mol. The molecule has 0 aliphatic heterocycles. The fraction of sp³-hybridized carbons (Fsp3) is 0.118. The lowest BCUT2D eigenvalue weighted by atomic mass is 10.1. The highest BCUT2D eigenvalue weighted by Gasteiger charge is 2.08. The van der Waals surface area contributed by atoms with Gasteiger partial charge in [-0.2, -0.15) is 0 Å². The standard InChI is InChI=1S/C17H14N2O2/c1-21-16-9-8-13(11-12(16)5-4-10-20)17-18-14-6-2-3-7-15(14)19-17/h2-3,6-9,11,20H,10H2,1H3,(H,18,19). The maximum absolute atomic E-state index is 8.84. The number of hydrogen-bond acceptors (Lipinski definition) is 3. The minimum Gasteiger partial charge on any atom is -0.495 e. The van der Waals surface area contributed by atoms with Gasteiger partial charge in [0.2, 0.25) is 0 Å². The molecule has 21 heavy (non-hydrogen) atoms. The molecule has 104 valence electrons. The molecular formula is C17H14N2O2. The highest BCUT2D eigenvalue weighted by molar-refractivity contribution is 5.79. The number of methoxy groups -OCH3 is 1. The van der Waals surface area contributed by atoms with E-state index in [1.165, 1.54) is 0 Å². The number of aliphatic hydroxyl groups is 1. The molecule has 0 spiro atoms. The summed E-state index contributed by atoms with van der Waals surface area (Å²) in [6.45, 7) is -0.183. The number of ether oxygens (including phenoxy) is 1. The van der Waals surface area contributed by atoms with Crippen LogP contribution in [0.1, 0.15) is 5.56 Å². The van der Waals surface area contributed by atoms with Crippen LogP contribution in [-0.2, 0) is 0 Å². The van der Waals surface area contributed by atoms with Gasteiger partial charge in [0, 0.05) is 5.56 Å². The van der Waals surface area contributed by atoms with E-state index in [4.69, 9.17) is 9.84 Å². The summed E-state index contributed by atoms with van der Waals surface area (Å²) in [7, 11) is 1.60. The highest BCUT2D eigenvalue weighted by Crippen LogP contribution is 2.26. The summed E-state index contributed by atoms with van der Waals surface area (Å²) in [6, 6.07) is 13.6. The van der Waals surface area contributed by atoms with Crippen LogP contribution < -0.4 is 4.74 Å². The van der Waals surface area contributed by atoms with Crippen molar-refractivity contribution in [3.63, 3.8) is 0 Å². The van der Waals surface area contributed by atoms with E-state index in [0.29, 0.717) is 5.75 Å². The Bertz CT molecular complexity index is 808. The molecule has 1 heterocycles. The molecule has 0 aliphatic carbocycles. The Morgan fingerprint density at radius 2 is 2.10 bits per heavy atom. The largest absolute Gasteiger partial charge is 0.495 e. The molecular weight excluding hydrogens is 264 g/mol. The second-order valence-corrected chi connectivity index (χ2v) is 4.48. The van der Waals surface area contributed by atoms with E-state index in [1.54, 1.807) is 7.11 Å². The molecule has 0 fully saturated rings. The lowest BCUT2D eigenvalue weighted by Crippen LogP contribution is -1.90. The van der Waals surface area contributed by atoms with E-state index in [2.05, 4.69) is 21.8 Å². The summed E-state index contributed by atoms with van der Waals surface area (Å²) in [6.07, 6.45) is 0. The average Bonchev–Trinajstić information content (AvgIpc) is 2.96. The van der Waals surface area contributed by atoms with Crippen LogP contribution in [0.25, 0.3) is 22.4 Å². The Hall–Kier alpha value is -2.77. The first kappa shape index (κ1) is 13.2. The number of aliphatic hydroxyl groups excluding tert-OH is 1. The van der Waals surface area contributed by atoms with Gasteiger partial charge < -0.3 is 14.8 Å². The third kappa shape index (κ3) is 2.60. The van der Waals surface area contributed by atoms with Crippen LogP contribution in [-0.4, -0.2) is 28.8 Å². The maximum atomic E-state index is 8.84. The summed E-state index contributed by atoms with van der Waals surface area (Å²) in [5, 5.41) is 8.84. The molecule has 0 radical (unpaired) electrons. The number of fused-ring (bicyclic) bond motifs is 1. The first-order chi connectivity index (χ1) is 10.3. The van der Waals surface area contributed by atoms with E-state index >= 15 is 0 Å². The average molecular weight is 278 g/mol. The smallest absolute Gasteiger partial charge is 0.138 e. The van der Waals surface area contributed by atoms with E-state index in [1.807, 2.05) is 42.5 Å². The van der Waals surface area contributed by atoms with Crippen molar-refractivity contribution in [3.8, 4) is 29.0 Å². The van der Waals surface area contributed by atoms with Gasteiger partial charge in [-0.25, -0.2) is 4.98 Å². The first-order valence-corrected chi connectivity index (χ1v) is 6.54. The Balaban J connectivity index is 2.09. The number of imidazole rings is 1. The minimum absolute atomic E-state index is 0.183. The molecule has 4 heteroatoms. The maximum Gasteiger partial charge on any atom is 0.138 e. The van der Waals surface area contributed by atoms with Crippen LogP contribution in [0.3, 0.4) is 0 Å². The second kappa shape index (κ2) is 5.70. The number of nitrogens with zero attached hydrogens (tertiary/aromatic N) is 1. The van der Waals surface area contributed by atoms with Crippen LogP contribution in [0.15, 0.2) is 42.5 Å². The molecule has 0 saturated carbocycles. The summed E-state index contributed by atoms with van der Waals surface area (Å²) < 4.78 is 5.28. The topological polar surface area (TPSA) is 58.1 Å². The van der Waals surface area contributed by atoms with Gasteiger partial charge in [0.1, 0.15) is 18.2 Å². The molecule has 0 unspecified atom stereocenters. The second-order valence-electron chi connectivity index (χ2n) is 4.48. The molecule has 3 rings (SSSR count). The number of benzene rings is 2. The zero-order chi connectivity index (χ0) is 14.7. The number of aromatic amines is 1. The molecule has 1 aromatic heterocycles. The van der Waals surface area contributed by atoms with Gasteiger partial charge in [-0.1, -0.05) is 24.0 Å². The SMILES string of the molecule is COc1ccc(-c2nc3ccccc3[nH]2)cc1C#CCO. The molecule has 3 aromatic rings. The summed E-state index contributed by atoms with van der Waals surface area (Å²) in [5.74, 6) is 6.99. The van der Waals surface area contributed by atoms with Gasteiger partial charge in [0.05, 0.1) is 23.7 Å². The number of hydrogen-bond donors (Lipinski definition) is 2. The van der Waals surface area contributed by atoms with Gasteiger partial charge in [-0.05, 0) is 30.3 Å². The van der Waals surface area contributed by atoms with Gasteiger partial charge in [-0.15, -0.1) is 0 Å². The van der Waals surface area contributed by atoms with E-state index in [-0.39, 0.29) is 6.61 Å². The number of H-pyrrole nitrogens is 1. The number of para-hydroxylation sites is 2. The van der Waals surface area contributed by atoms with E-state index < -0.39 is 0 Å². The zero-order valence-corrected chi connectivity index (χ0v) is 11.6. The summed E-state index contributed by atoms with van der Waals surface area (Å²) in [4.78, 5) is 7.85. The Morgan fingerprint density at radius 3 is 2.86 bits per heavy atom. The van der Waals surface area contributed by atoms with Crippen molar-refractivity contribution in [2.24, 2.45) is 0 Å². The molecule has 0 amide bonds. The van der Waals surface area contributed by atoms with Gasteiger partial charge in [0.15, 0.2) is 0 Å². The van der Waals surface area contributed by atoms with Crippen molar-refractivity contribution < 1.29 is 9.84 Å². The van der Waals surface area contributed by atoms with Crippen molar-refractivity contribution in [2.45, 2.75) is 0 Å². The van der Waals surface area contributed by atoms with Gasteiger partial charge >= 0.3 is 0 Å². The third-order valence-corrected chi connectivity index (χ3v) is 3.16. The fourth-order valence-corrected chi connectivity index (χ4v) is 2.18. The molecule has 0 bridgehead atoms. The molecule has 0 saturated heterocycles. The quantitative estimate of drug-likeness (QED) is 0.708. The Kier molecular flexibility index (Phi) is 3.59. The van der Waals surface area contributed by atoms with Crippen LogP contribution in [0, 0.1) is 11.8 Å².